The molecule has 1 saturated heterocycles. The highest BCUT2D eigenvalue weighted by Crippen LogP contribution is 2.24. The SMILES string of the molecule is CCn1cc(CN2CCO[C@H](c3cccc(Cc4ccccc4Cl)n3)C2)c(C)n1. The summed E-state index contributed by atoms with van der Waals surface area (Å²) in [6, 6.07) is 14.1. The molecule has 2 aromatic heterocycles. The molecule has 1 aromatic carbocycles. The summed E-state index contributed by atoms with van der Waals surface area (Å²) < 4.78 is 8.07. The van der Waals surface area contributed by atoms with E-state index in [4.69, 9.17) is 21.3 Å². The zero-order valence-corrected chi connectivity index (χ0v) is 17.8. The quantitative estimate of drug-likeness (QED) is 0.603. The summed E-state index contributed by atoms with van der Waals surface area (Å²) in [5.41, 5.74) is 5.48. The average Bonchev–Trinajstić information content (AvgIpc) is 3.10. The third-order valence-corrected chi connectivity index (χ3v) is 5.77. The Morgan fingerprint density at radius 1 is 1.14 bits per heavy atom. The Labute approximate surface area is 177 Å². The van der Waals surface area contributed by atoms with Crippen LogP contribution in [0.1, 0.15) is 41.2 Å². The van der Waals surface area contributed by atoms with Crippen molar-refractivity contribution in [3.05, 3.63) is 81.9 Å². The molecule has 0 amide bonds. The molecule has 0 N–H and O–H groups in total. The molecule has 6 heteroatoms. The summed E-state index contributed by atoms with van der Waals surface area (Å²) in [5.74, 6) is 0. The van der Waals surface area contributed by atoms with Crippen molar-refractivity contribution in [2.75, 3.05) is 19.7 Å². The minimum absolute atomic E-state index is 0.0172. The number of ether oxygens (including phenoxy) is 1. The van der Waals surface area contributed by atoms with Crippen molar-refractivity contribution in [2.24, 2.45) is 0 Å². The second-order valence-corrected chi connectivity index (χ2v) is 7.92. The fourth-order valence-electron chi connectivity index (χ4n) is 3.76. The van der Waals surface area contributed by atoms with Crippen LogP contribution in [-0.2, 0) is 24.2 Å². The van der Waals surface area contributed by atoms with Gasteiger partial charge in [-0.15, -0.1) is 0 Å². The summed E-state index contributed by atoms with van der Waals surface area (Å²) in [6.07, 6.45) is 2.86. The first kappa shape index (κ1) is 20.1. The molecule has 5 nitrogen and oxygen atoms in total. The van der Waals surface area contributed by atoms with Gasteiger partial charge in [0.05, 0.1) is 18.0 Å². The van der Waals surface area contributed by atoms with Crippen LogP contribution in [0.15, 0.2) is 48.7 Å². The molecule has 0 spiro atoms. The summed E-state index contributed by atoms with van der Waals surface area (Å²) in [6.45, 7) is 8.45. The zero-order valence-electron chi connectivity index (χ0n) is 17.0. The number of morpholine rings is 1. The van der Waals surface area contributed by atoms with E-state index in [9.17, 15) is 0 Å². The number of hydrogen-bond donors (Lipinski definition) is 0. The summed E-state index contributed by atoms with van der Waals surface area (Å²) >= 11 is 6.32. The molecule has 0 saturated carbocycles. The zero-order chi connectivity index (χ0) is 20.2. The maximum absolute atomic E-state index is 6.32. The molecule has 1 atom stereocenters. The Morgan fingerprint density at radius 3 is 2.79 bits per heavy atom. The lowest BCUT2D eigenvalue weighted by molar-refractivity contribution is -0.0351. The molecular formula is C23H27ClN4O. The first-order chi connectivity index (χ1) is 14.1. The van der Waals surface area contributed by atoms with E-state index in [1.807, 2.05) is 28.9 Å². The Hall–Kier alpha value is -2.21. The number of hydrogen-bond acceptors (Lipinski definition) is 4. The first-order valence-corrected chi connectivity index (χ1v) is 10.6. The molecule has 4 rings (SSSR count). The average molecular weight is 411 g/mol. The van der Waals surface area contributed by atoms with Crippen LogP contribution < -0.4 is 0 Å². The van der Waals surface area contributed by atoms with E-state index in [0.29, 0.717) is 6.61 Å². The maximum atomic E-state index is 6.32. The largest absolute Gasteiger partial charge is 0.369 e. The molecular weight excluding hydrogens is 384 g/mol. The van der Waals surface area contributed by atoms with E-state index in [0.717, 1.165) is 60.3 Å². The number of aromatic nitrogens is 3. The molecule has 3 aromatic rings. The molecule has 0 aliphatic carbocycles. The normalized spacial score (nSPS) is 17.6. The highest BCUT2D eigenvalue weighted by atomic mass is 35.5. The van der Waals surface area contributed by atoms with Crippen LogP contribution in [0.3, 0.4) is 0 Å². The molecule has 0 bridgehead atoms. The third-order valence-electron chi connectivity index (χ3n) is 5.40. The van der Waals surface area contributed by atoms with Crippen LogP contribution >= 0.6 is 11.6 Å². The van der Waals surface area contributed by atoms with E-state index in [-0.39, 0.29) is 6.10 Å². The van der Waals surface area contributed by atoms with Crippen LogP contribution in [0.25, 0.3) is 0 Å². The van der Waals surface area contributed by atoms with Gasteiger partial charge in [-0.1, -0.05) is 35.9 Å². The fourth-order valence-corrected chi connectivity index (χ4v) is 3.96. The lowest BCUT2D eigenvalue weighted by Gasteiger charge is -2.32. The number of aryl methyl sites for hydroxylation is 2. The predicted octanol–water partition coefficient (Wildman–Crippen LogP) is 4.42. The van der Waals surface area contributed by atoms with Gasteiger partial charge in [0, 0.05) is 55.1 Å². The molecule has 152 valence electrons. The molecule has 0 unspecified atom stereocenters. The minimum Gasteiger partial charge on any atom is -0.369 e. The highest BCUT2D eigenvalue weighted by Gasteiger charge is 2.24. The van der Waals surface area contributed by atoms with Crippen molar-refractivity contribution in [3.63, 3.8) is 0 Å². The number of rotatable bonds is 6. The van der Waals surface area contributed by atoms with Gasteiger partial charge in [-0.25, -0.2) is 0 Å². The maximum Gasteiger partial charge on any atom is 0.112 e. The van der Waals surface area contributed by atoms with Gasteiger partial charge in [-0.2, -0.15) is 5.10 Å². The lowest BCUT2D eigenvalue weighted by Crippen LogP contribution is -2.38. The first-order valence-electron chi connectivity index (χ1n) is 10.2. The highest BCUT2D eigenvalue weighted by molar-refractivity contribution is 6.31. The molecule has 3 heterocycles. The van der Waals surface area contributed by atoms with Crippen molar-refractivity contribution in [1.29, 1.82) is 0 Å². The molecule has 29 heavy (non-hydrogen) atoms. The topological polar surface area (TPSA) is 43.2 Å². The Morgan fingerprint density at radius 2 is 2.00 bits per heavy atom. The van der Waals surface area contributed by atoms with Gasteiger partial charge in [-0.05, 0) is 37.6 Å². The Kier molecular flexibility index (Phi) is 6.28. The minimum atomic E-state index is -0.0172. The van der Waals surface area contributed by atoms with Gasteiger partial charge < -0.3 is 4.74 Å². The van der Waals surface area contributed by atoms with Gasteiger partial charge in [-0.3, -0.25) is 14.6 Å². The van der Waals surface area contributed by atoms with E-state index >= 15 is 0 Å². The third kappa shape index (κ3) is 4.86. The van der Waals surface area contributed by atoms with Crippen molar-refractivity contribution >= 4 is 11.6 Å². The summed E-state index contributed by atoms with van der Waals surface area (Å²) in [4.78, 5) is 7.31. The van der Waals surface area contributed by atoms with Gasteiger partial charge in [0.15, 0.2) is 0 Å². The van der Waals surface area contributed by atoms with Crippen LogP contribution in [0.2, 0.25) is 5.02 Å². The number of nitrogens with zero attached hydrogens (tertiary/aromatic N) is 4. The number of halogens is 1. The van der Waals surface area contributed by atoms with Crippen molar-refractivity contribution in [1.82, 2.24) is 19.7 Å². The van der Waals surface area contributed by atoms with Crippen LogP contribution in [0, 0.1) is 6.92 Å². The molecule has 1 fully saturated rings. The lowest BCUT2D eigenvalue weighted by atomic mass is 10.1. The standard InChI is InChI=1S/C23H27ClN4O/c1-3-28-15-19(17(2)26-28)14-27-11-12-29-23(16-27)22-10-6-8-20(25-22)13-18-7-4-5-9-21(18)24/h4-10,15,23H,3,11-14,16H2,1-2H3/t23-/m0/s1. The van der Waals surface area contributed by atoms with Crippen LogP contribution in [0.5, 0.6) is 0 Å². The van der Waals surface area contributed by atoms with E-state index in [1.54, 1.807) is 0 Å². The van der Waals surface area contributed by atoms with Crippen molar-refractivity contribution in [2.45, 2.75) is 39.5 Å². The van der Waals surface area contributed by atoms with Crippen LogP contribution in [-0.4, -0.2) is 39.4 Å². The second kappa shape index (κ2) is 9.08. The van der Waals surface area contributed by atoms with E-state index < -0.39 is 0 Å². The van der Waals surface area contributed by atoms with Crippen LogP contribution in [0.4, 0.5) is 0 Å². The van der Waals surface area contributed by atoms with Gasteiger partial charge in [0.25, 0.3) is 0 Å². The number of pyridine rings is 1. The fraction of sp³-hybridized carbons (Fsp3) is 0.391. The molecule has 1 aliphatic rings. The van der Waals surface area contributed by atoms with E-state index in [2.05, 4.69) is 48.2 Å². The Balaban J connectivity index is 1.45. The van der Waals surface area contributed by atoms with Gasteiger partial charge >= 0.3 is 0 Å². The number of benzene rings is 1. The van der Waals surface area contributed by atoms with Crippen molar-refractivity contribution in [3.8, 4) is 0 Å². The smallest absolute Gasteiger partial charge is 0.112 e. The van der Waals surface area contributed by atoms with Gasteiger partial charge in [0.2, 0.25) is 0 Å². The summed E-state index contributed by atoms with van der Waals surface area (Å²) in [5, 5.41) is 5.35. The van der Waals surface area contributed by atoms with E-state index in [1.165, 1.54) is 5.56 Å². The molecule has 0 radical (unpaired) electrons. The Bertz CT molecular complexity index is 971. The van der Waals surface area contributed by atoms with Crippen molar-refractivity contribution < 1.29 is 4.74 Å². The predicted molar refractivity (Wildman–Crippen MR) is 115 cm³/mol. The van der Waals surface area contributed by atoms with Gasteiger partial charge in [0.1, 0.15) is 6.10 Å². The second-order valence-electron chi connectivity index (χ2n) is 7.51. The molecule has 1 aliphatic heterocycles. The monoisotopic (exact) mass is 410 g/mol. The summed E-state index contributed by atoms with van der Waals surface area (Å²) in [7, 11) is 0.